The van der Waals surface area contributed by atoms with E-state index in [2.05, 4.69) is 15.3 Å². The van der Waals surface area contributed by atoms with Crippen LogP contribution in [0.3, 0.4) is 0 Å². The number of rotatable bonds is 6. The lowest BCUT2D eigenvalue weighted by Crippen LogP contribution is -2.60. The number of benzene rings is 1. The van der Waals surface area contributed by atoms with Crippen molar-refractivity contribution in [2.75, 3.05) is 13.2 Å². The van der Waals surface area contributed by atoms with Gasteiger partial charge < -0.3 is 19.9 Å². The van der Waals surface area contributed by atoms with E-state index in [4.69, 9.17) is 37.8 Å². The predicted octanol–water partition coefficient (Wildman–Crippen LogP) is 6.17. The first-order valence-electron chi connectivity index (χ1n) is 12.9. The lowest BCUT2D eigenvalue weighted by atomic mass is 9.85. The number of pyridine rings is 2. The molecule has 2 N–H and O–H groups in total. The summed E-state index contributed by atoms with van der Waals surface area (Å²) in [6.45, 7) is 4.57. The van der Waals surface area contributed by atoms with E-state index >= 15 is 4.39 Å². The highest BCUT2D eigenvalue weighted by molar-refractivity contribution is 6.35. The number of aromatic nitrogens is 4. The van der Waals surface area contributed by atoms with Crippen LogP contribution in [-0.4, -0.2) is 43.6 Å². The van der Waals surface area contributed by atoms with Crippen molar-refractivity contribution in [3.63, 3.8) is 0 Å². The Hall–Kier alpha value is -2.82. The van der Waals surface area contributed by atoms with Crippen molar-refractivity contribution in [2.24, 2.45) is 0 Å². The van der Waals surface area contributed by atoms with Gasteiger partial charge in [0.15, 0.2) is 6.23 Å². The van der Waals surface area contributed by atoms with Crippen LogP contribution in [0.1, 0.15) is 62.7 Å². The molecule has 204 valence electrons. The number of aliphatic hydroxyl groups is 1. The van der Waals surface area contributed by atoms with Crippen LogP contribution in [0.2, 0.25) is 10.0 Å². The molecule has 2 aliphatic rings. The lowest BCUT2D eigenvalue weighted by molar-refractivity contribution is -0.0455. The van der Waals surface area contributed by atoms with Crippen molar-refractivity contribution in [3.05, 3.63) is 70.0 Å². The fourth-order valence-corrected chi connectivity index (χ4v) is 5.97. The fourth-order valence-electron chi connectivity index (χ4n) is 5.30. The predicted molar refractivity (Wildman–Crippen MR) is 146 cm³/mol. The highest BCUT2D eigenvalue weighted by Crippen LogP contribution is 2.39. The minimum absolute atomic E-state index is 0.179. The third kappa shape index (κ3) is 4.87. The third-order valence-electron chi connectivity index (χ3n) is 7.42. The Morgan fingerprint density at radius 1 is 1.21 bits per heavy atom. The molecule has 0 bridgehead atoms. The van der Waals surface area contributed by atoms with Crippen LogP contribution in [0.25, 0.3) is 22.2 Å². The fraction of sp³-hybridized carbons (Fsp3) is 0.393. The molecule has 2 aliphatic heterocycles. The smallest absolute Gasteiger partial charge is 0.150 e. The maximum Gasteiger partial charge on any atom is 0.150 e. The second-order valence-corrected chi connectivity index (χ2v) is 11.1. The molecule has 0 aliphatic carbocycles. The van der Waals surface area contributed by atoms with Gasteiger partial charge in [0, 0.05) is 48.3 Å². The second kappa shape index (κ2) is 10.3. The van der Waals surface area contributed by atoms with Gasteiger partial charge in [-0.2, -0.15) is 5.10 Å². The number of hydrogen-bond donors (Lipinski definition) is 2. The van der Waals surface area contributed by atoms with Crippen molar-refractivity contribution in [1.29, 1.82) is 0 Å². The Kier molecular flexibility index (Phi) is 6.97. The van der Waals surface area contributed by atoms with Crippen LogP contribution in [-0.2, 0) is 4.74 Å². The highest BCUT2D eigenvalue weighted by atomic mass is 35.5. The molecule has 4 aromatic rings. The van der Waals surface area contributed by atoms with Crippen LogP contribution < -0.4 is 10.1 Å². The normalized spacial score (nSPS) is 23.9. The van der Waals surface area contributed by atoms with Gasteiger partial charge in [-0.1, -0.05) is 23.2 Å². The number of fused-ring (bicyclic) bond motifs is 1. The minimum Gasteiger partial charge on any atom is -0.486 e. The molecular weight excluding hydrogens is 544 g/mol. The van der Waals surface area contributed by atoms with Gasteiger partial charge in [-0.15, -0.1) is 0 Å². The van der Waals surface area contributed by atoms with Crippen molar-refractivity contribution in [2.45, 2.75) is 57.1 Å². The summed E-state index contributed by atoms with van der Waals surface area (Å²) in [5, 5.41) is 19.9. The quantitative estimate of drug-likeness (QED) is 0.285. The SMILES string of the molecule is C[C@@H](Oc1ccc2c(c1)c(-c1cnc(C3NCC3(C)O)c(F)c1)nn2C1CCCCO1)c1c(Cl)cncc1Cl. The van der Waals surface area contributed by atoms with Gasteiger partial charge in [-0.3, -0.25) is 9.97 Å². The van der Waals surface area contributed by atoms with Gasteiger partial charge in [-0.25, -0.2) is 9.07 Å². The third-order valence-corrected chi connectivity index (χ3v) is 8.02. The Bertz CT molecular complexity index is 1520. The summed E-state index contributed by atoms with van der Waals surface area (Å²) in [6, 6.07) is 6.51. The molecule has 39 heavy (non-hydrogen) atoms. The van der Waals surface area contributed by atoms with E-state index in [1.54, 1.807) is 13.1 Å². The number of halogens is 3. The Balaban J connectivity index is 1.41. The largest absolute Gasteiger partial charge is 0.486 e. The summed E-state index contributed by atoms with van der Waals surface area (Å²) in [4.78, 5) is 8.40. The molecule has 0 radical (unpaired) electrons. The number of β-amino-alcohol motifs (C(OH)–C–C–N with tert-alkyl or cyclic N) is 1. The van der Waals surface area contributed by atoms with E-state index in [1.807, 2.05) is 29.8 Å². The van der Waals surface area contributed by atoms with Gasteiger partial charge in [0.25, 0.3) is 0 Å². The van der Waals surface area contributed by atoms with Crippen LogP contribution in [0, 0.1) is 5.82 Å². The van der Waals surface area contributed by atoms with Gasteiger partial charge in [0.1, 0.15) is 23.4 Å². The van der Waals surface area contributed by atoms with Gasteiger partial charge >= 0.3 is 0 Å². The van der Waals surface area contributed by atoms with Crippen LogP contribution in [0.5, 0.6) is 5.75 Å². The van der Waals surface area contributed by atoms with Crippen molar-refractivity contribution >= 4 is 34.1 Å². The molecule has 1 aromatic carbocycles. The molecule has 3 aromatic heterocycles. The average molecular weight is 572 g/mol. The number of hydrogen-bond acceptors (Lipinski definition) is 7. The molecule has 2 fully saturated rings. The molecule has 2 saturated heterocycles. The average Bonchev–Trinajstić information content (AvgIpc) is 3.28. The second-order valence-electron chi connectivity index (χ2n) is 10.3. The molecule has 0 saturated carbocycles. The van der Waals surface area contributed by atoms with E-state index in [1.165, 1.54) is 18.5 Å². The number of ether oxygens (including phenoxy) is 2. The summed E-state index contributed by atoms with van der Waals surface area (Å²) in [6.07, 6.45) is 6.85. The van der Waals surface area contributed by atoms with Crippen molar-refractivity contribution in [1.82, 2.24) is 25.1 Å². The molecule has 6 rings (SSSR count). The number of nitrogens with one attached hydrogen (secondary N) is 1. The van der Waals surface area contributed by atoms with Gasteiger partial charge in [-0.05, 0) is 57.4 Å². The van der Waals surface area contributed by atoms with Crippen molar-refractivity contribution < 1.29 is 19.0 Å². The first kappa shape index (κ1) is 26.4. The van der Waals surface area contributed by atoms with E-state index < -0.39 is 23.6 Å². The Morgan fingerprint density at radius 3 is 2.64 bits per heavy atom. The summed E-state index contributed by atoms with van der Waals surface area (Å²) >= 11 is 12.7. The zero-order chi connectivity index (χ0) is 27.3. The zero-order valence-corrected chi connectivity index (χ0v) is 23.0. The molecule has 0 spiro atoms. The van der Waals surface area contributed by atoms with Crippen LogP contribution in [0.4, 0.5) is 4.39 Å². The van der Waals surface area contributed by atoms with Gasteiger partial charge in [0.2, 0.25) is 0 Å². The summed E-state index contributed by atoms with van der Waals surface area (Å²) in [5.41, 5.74) is 1.68. The topological polar surface area (TPSA) is 94.3 Å². The minimum atomic E-state index is -1.05. The van der Waals surface area contributed by atoms with E-state index in [0.29, 0.717) is 45.8 Å². The first-order valence-corrected chi connectivity index (χ1v) is 13.7. The standard InChI is InChI=1S/C28H28Cl2FN5O3/c1-15(24-19(29)12-32-13-20(24)30)39-17-6-7-22-18(10-17)25(35-36(22)23-5-3-4-8-38-23)16-9-21(31)26(33-11-16)27-28(2,37)14-34-27/h6-7,9-13,15,23,27,34,37H,3-5,8,14H2,1-2H3/t15-,23?,27?,28?/m1/s1. The van der Waals surface area contributed by atoms with E-state index in [0.717, 1.165) is 30.2 Å². The molecule has 4 atom stereocenters. The first-order chi connectivity index (χ1) is 18.7. The van der Waals surface area contributed by atoms with Gasteiger partial charge in [0.05, 0.1) is 32.9 Å². The Labute approximate surface area is 235 Å². The summed E-state index contributed by atoms with van der Waals surface area (Å²) in [5.74, 6) is 0.0636. The monoisotopic (exact) mass is 571 g/mol. The number of nitrogens with zero attached hydrogens (tertiary/aromatic N) is 4. The summed E-state index contributed by atoms with van der Waals surface area (Å²) in [7, 11) is 0. The molecular formula is C28H28Cl2FN5O3. The molecule has 8 nitrogen and oxygen atoms in total. The molecule has 0 amide bonds. The van der Waals surface area contributed by atoms with Crippen molar-refractivity contribution in [3.8, 4) is 17.0 Å². The van der Waals surface area contributed by atoms with Crippen LogP contribution >= 0.6 is 23.2 Å². The highest BCUT2D eigenvalue weighted by Gasteiger charge is 2.44. The lowest BCUT2D eigenvalue weighted by Gasteiger charge is -2.43. The summed E-state index contributed by atoms with van der Waals surface area (Å²) < 4.78 is 29.4. The van der Waals surface area contributed by atoms with E-state index in [9.17, 15) is 5.11 Å². The molecule has 3 unspecified atom stereocenters. The zero-order valence-electron chi connectivity index (χ0n) is 21.5. The maximum atomic E-state index is 15.3. The van der Waals surface area contributed by atoms with E-state index in [-0.39, 0.29) is 11.9 Å². The Morgan fingerprint density at radius 2 is 2.00 bits per heavy atom. The molecule has 11 heteroatoms. The van der Waals surface area contributed by atoms with Crippen LogP contribution in [0.15, 0.2) is 42.9 Å². The maximum absolute atomic E-state index is 15.3. The molecule has 5 heterocycles.